The van der Waals surface area contributed by atoms with E-state index in [2.05, 4.69) is 26.0 Å². The Morgan fingerprint density at radius 2 is 0.949 bits per heavy atom. The third-order valence-electron chi connectivity index (χ3n) is 6.56. The van der Waals surface area contributed by atoms with Gasteiger partial charge in [-0.3, -0.25) is 0 Å². The molecule has 4 aromatic rings. The van der Waals surface area contributed by atoms with Gasteiger partial charge in [0.2, 0.25) is 0 Å². The fourth-order valence-corrected chi connectivity index (χ4v) is 5.55. The van der Waals surface area contributed by atoms with Crippen LogP contribution in [0.1, 0.15) is 63.5 Å². The molecule has 0 spiro atoms. The molecule has 0 aliphatic carbocycles. The summed E-state index contributed by atoms with van der Waals surface area (Å²) in [5.41, 5.74) is 2.42. The summed E-state index contributed by atoms with van der Waals surface area (Å²) >= 11 is 0. The first-order chi connectivity index (χ1) is 18.0. The SMILES string of the molecule is CCCCCc1cccc2cc(S(=O)(=O)[O-])ccc12.CCCCCc1cccc2cc(S(=O)(=O)[O-])ccc12.[Ca+2]. The molecule has 4 rings (SSSR count). The largest absolute Gasteiger partial charge is 2.00 e. The van der Waals surface area contributed by atoms with Gasteiger partial charge in [0.25, 0.3) is 0 Å². The van der Waals surface area contributed by atoms with E-state index in [0.717, 1.165) is 47.2 Å². The predicted octanol–water partition coefficient (Wildman–Crippen LogP) is 6.57. The van der Waals surface area contributed by atoms with Gasteiger partial charge in [-0.25, -0.2) is 16.8 Å². The summed E-state index contributed by atoms with van der Waals surface area (Å²) in [6.45, 7) is 4.32. The monoisotopic (exact) mass is 594 g/mol. The maximum Gasteiger partial charge on any atom is 2.00 e. The second kappa shape index (κ2) is 15.5. The second-order valence-corrected chi connectivity index (χ2v) is 12.2. The molecule has 0 bridgehead atoms. The quantitative estimate of drug-likeness (QED) is 0.116. The average molecular weight is 595 g/mol. The van der Waals surface area contributed by atoms with Crippen LogP contribution in [0.25, 0.3) is 21.5 Å². The minimum Gasteiger partial charge on any atom is -0.744 e. The number of fused-ring (bicyclic) bond motifs is 2. The van der Waals surface area contributed by atoms with Gasteiger partial charge >= 0.3 is 37.7 Å². The van der Waals surface area contributed by atoms with Crippen LogP contribution >= 0.6 is 0 Å². The number of unbranched alkanes of at least 4 members (excludes halogenated alkanes) is 4. The summed E-state index contributed by atoms with van der Waals surface area (Å²) in [4.78, 5) is -0.323. The molecular weight excluding hydrogens is 561 g/mol. The predicted molar refractivity (Wildman–Crippen MR) is 156 cm³/mol. The molecule has 0 fully saturated rings. The van der Waals surface area contributed by atoms with Crippen molar-refractivity contribution in [1.82, 2.24) is 0 Å². The fourth-order valence-electron chi connectivity index (χ4n) is 4.54. The van der Waals surface area contributed by atoms with Gasteiger partial charge in [0.15, 0.2) is 0 Å². The molecule has 6 nitrogen and oxygen atoms in total. The number of aryl methyl sites for hydroxylation is 2. The van der Waals surface area contributed by atoms with Gasteiger partial charge in [-0.1, -0.05) is 88.1 Å². The standard InChI is InChI=1S/2C15H18O3S.Ca/c2*1-2-3-4-6-12-7-5-8-13-11-14(19(16,17)18)9-10-15(12)13;/h2*5,7-11H,2-4,6H2,1H3,(H,16,17,18);/q;;+2/p-2. The van der Waals surface area contributed by atoms with Gasteiger partial charge in [0, 0.05) is 0 Å². The second-order valence-electron chi connectivity index (χ2n) is 9.42. The van der Waals surface area contributed by atoms with Crippen molar-refractivity contribution in [3.63, 3.8) is 0 Å². The van der Waals surface area contributed by atoms with Gasteiger partial charge in [-0.05, 0) is 82.6 Å². The first-order valence-corrected chi connectivity index (χ1v) is 15.8. The van der Waals surface area contributed by atoms with Crippen LogP contribution in [0.15, 0.2) is 82.6 Å². The minimum absolute atomic E-state index is 0. The fraction of sp³-hybridized carbons (Fsp3) is 0.333. The molecule has 0 saturated carbocycles. The van der Waals surface area contributed by atoms with Crippen molar-refractivity contribution in [3.8, 4) is 0 Å². The maximum atomic E-state index is 11.0. The summed E-state index contributed by atoms with van der Waals surface area (Å²) in [5, 5.41) is 3.69. The third kappa shape index (κ3) is 9.81. The molecule has 0 aliphatic heterocycles. The Bertz CT molecular complexity index is 1480. The maximum absolute atomic E-state index is 11.0. The molecule has 0 aromatic heterocycles. The summed E-state index contributed by atoms with van der Waals surface area (Å²) in [7, 11) is -8.76. The van der Waals surface area contributed by atoms with E-state index in [9.17, 15) is 25.9 Å². The molecule has 0 N–H and O–H groups in total. The molecule has 0 unspecified atom stereocenters. The minimum atomic E-state index is -4.38. The van der Waals surface area contributed by atoms with Crippen LogP contribution < -0.4 is 0 Å². The van der Waals surface area contributed by atoms with Gasteiger partial charge in [0.1, 0.15) is 20.2 Å². The van der Waals surface area contributed by atoms with E-state index in [1.807, 2.05) is 24.3 Å². The Morgan fingerprint density at radius 1 is 0.564 bits per heavy atom. The van der Waals surface area contributed by atoms with E-state index >= 15 is 0 Å². The van der Waals surface area contributed by atoms with E-state index in [-0.39, 0.29) is 47.5 Å². The van der Waals surface area contributed by atoms with Crippen molar-refractivity contribution in [2.75, 3.05) is 0 Å². The first kappa shape index (κ1) is 33.7. The van der Waals surface area contributed by atoms with E-state index in [0.29, 0.717) is 0 Å². The summed E-state index contributed by atoms with van der Waals surface area (Å²) in [6, 6.07) is 20.8. The zero-order chi connectivity index (χ0) is 27.8. The van der Waals surface area contributed by atoms with Crippen LogP contribution in [0.3, 0.4) is 0 Å². The summed E-state index contributed by atoms with van der Waals surface area (Å²) < 4.78 is 66.1. The molecular formula is C30H34CaO6S2. The Kier molecular flexibility index (Phi) is 13.4. The average Bonchev–Trinajstić information content (AvgIpc) is 2.88. The third-order valence-corrected chi connectivity index (χ3v) is 8.22. The van der Waals surface area contributed by atoms with Gasteiger partial charge in [-0.2, -0.15) is 0 Å². The van der Waals surface area contributed by atoms with Crippen LogP contribution in [0, 0.1) is 0 Å². The molecule has 0 aliphatic rings. The van der Waals surface area contributed by atoms with Crippen LogP contribution in [-0.2, 0) is 33.1 Å². The van der Waals surface area contributed by atoms with Crippen LogP contribution in [0.4, 0.5) is 0 Å². The number of hydrogen-bond donors (Lipinski definition) is 0. The van der Waals surface area contributed by atoms with Crippen molar-refractivity contribution >= 4 is 79.5 Å². The molecule has 39 heavy (non-hydrogen) atoms. The van der Waals surface area contributed by atoms with E-state index in [4.69, 9.17) is 0 Å². The van der Waals surface area contributed by atoms with E-state index in [1.165, 1.54) is 61.1 Å². The Balaban J connectivity index is 0.000000267. The smallest absolute Gasteiger partial charge is 0.744 e. The number of hydrogen-bond acceptors (Lipinski definition) is 6. The zero-order valence-corrected chi connectivity index (χ0v) is 26.4. The Hall–Kier alpha value is -1.52. The van der Waals surface area contributed by atoms with Crippen molar-refractivity contribution in [1.29, 1.82) is 0 Å². The van der Waals surface area contributed by atoms with Gasteiger partial charge in [0.05, 0.1) is 9.79 Å². The van der Waals surface area contributed by atoms with Crippen molar-refractivity contribution in [3.05, 3.63) is 83.9 Å². The molecule has 0 heterocycles. The van der Waals surface area contributed by atoms with Crippen LogP contribution in [0.2, 0.25) is 0 Å². The van der Waals surface area contributed by atoms with Crippen molar-refractivity contribution < 1.29 is 25.9 Å². The Morgan fingerprint density at radius 3 is 1.28 bits per heavy atom. The molecule has 9 heteroatoms. The molecule has 4 aromatic carbocycles. The van der Waals surface area contributed by atoms with Crippen molar-refractivity contribution in [2.24, 2.45) is 0 Å². The normalized spacial score (nSPS) is 11.6. The topological polar surface area (TPSA) is 114 Å². The van der Waals surface area contributed by atoms with E-state index < -0.39 is 20.2 Å². The van der Waals surface area contributed by atoms with Gasteiger partial charge in [-0.15, -0.1) is 0 Å². The van der Waals surface area contributed by atoms with E-state index in [1.54, 1.807) is 12.1 Å². The summed E-state index contributed by atoms with van der Waals surface area (Å²) in [5.74, 6) is 0. The Labute approximate surface area is 262 Å². The van der Waals surface area contributed by atoms with Crippen molar-refractivity contribution in [2.45, 2.75) is 75.0 Å². The number of benzene rings is 4. The zero-order valence-electron chi connectivity index (χ0n) is 22.6. The first-order valence-electron chi connectivity index (χ1n) is 13.0. The molecule has 0 amide bonds. The van der Waals surface area contributed by atoms with Gasteiger partial charge < -0.3 is 9.11 Å². The summed E-state index contributed by atoms with van der Waals surface area (Å²) in [6.07, 6.45) is 8.91. The molecule has 0 atom stereocenters. The molecule has 0 radical (unpaired) electrons. The van der Waals surface area contributed by atoms with Crippen LogP contribution in [-0.4, -0.2) is 63.7 Å². The molecule has 0 saturated heterocycles. The molecule has 204 valence electrons. The van der Waals surface area contributed by atoms with Crippen LogP contribution in [0.5, 0.6) is 0 Å². The number of rotatable bonds is 10.